The molecule has 2 aromatic carbocycles. The van der Waals surface area contributed by atoms with Gasteiger partial charge in [-0.2, -0.15) is 0 Å². The Morgan fingerprint density at radius 3 is 2.29 bits per heavy atom. The van der Waals surface area contributed by atoms with Crippen LogP contribution in [0, 0.1) is 0 Å². The first-order valence-electron chi connectivity index (χ1n) is 7.32. The third-order valence-corrected chi connectivity index (χ3v) is 3.80. The van der Waals surface area contributed by atoms with Gasteiger partial charge in [0, 0.05) is 25.1 Å². The first-order valence-corrected chi connectivity index (χ1v) is 7.69. The van der Waals surface area contributed by atoms with Crippen molar-refractivity contribution in [1.29, 1.82) is 0 Å². The van der Waals surface area contributed by atoms with Gasteiger partial charge in [0.1, 0.15) is 0 Å². The van der Waals surface area contributed by atoms with Crippen molar-refractivity contribution in [2.45, 2.75) is 0 Å². The van der Waals surface area contributed by atoms with Gasteiger partial charge < -0.3 is 10.2 Å². The molecule has 0 saturated carbocycles. The van der Waals surface area contributed by atoms with Gasteiger partial charge in [-0.05, 0) is 24.3 Å². The summed E-state index contributed by atoms with van der Waals surface area (Å²) in [6.07, 6.45) is 2.99. The number of amides is 1. The van der Waals surface area contributed by atoms with Gasteiger partial charge in [0.05, 0.1) is 16.3 Å². The Hall–Kier alpha value is -2.92. The fourth-order valence-corrected chi connectivity index (χ4v) is 2.32. The van der Waals surface area contributed by atoms with E-state index in [-0.39, 0.29) is 5.91 Å². The van der Waals surface area contributed by atoms with Crippen LogP contribution in [0.1, 0.15) is 10.4 Å². The van der Waals surface area contributed by atoms with E-state index in [1.807, 2.05) is 42.3 Å². The second kappa shape index (κ2) is 7.10. The third kappa shape index (κ3) is 3.52. The fourth-order valence-electron chi connectivity index (χ4n) is 2.14. The van der Waals surface area contributed by atoms with Crippen molar-refractivity contribution >= 4 is 34.8 Å². The largest absolute Gasteiger partial charge is 0.321 e. The molecule has 0 radical (unpaired) electrons. The highest BCUT2D eigenvalue weighted by Crippen LogP contribution is 2.22. The molecule has 3 rings (SSSR count). The van der Waals surface area contributed by atoms with Gasteiger partial charge in [0.25, 0.3) is 5.91 Å². The van der Waals surface area contributed by atoms with Crippen LogP contribution in [0.3, 0.4) is 0 Å². The lowest BCUT2D eigenvalue weighted by Crippen LogP contribution is -2.16. The molecule has 1 N–H and O–H groups in total. The van der Waals surface area contributed by atoms with E-state index < -0.39 is 0 Å². The summed E-state index contributed by atoms with van der Waals surface area (Å²) in [6, 6.07) is 16.8. The van der Waals surface area contributed by atoms with Gasteiger partial charge in [0.15, 0.2) is 0 Å². The van der Waals surface area contributed by atoms with E-state index in [0.29, 0.717) is 22.2 Å². The number of para-hydroxylation sites is 2. The minimum atomic E-state index is -0.308. The van der Waals surface area contributed by atoms with Crippen molar-refractivity contribution in [1.82, 2.24) is 9.97 Å². The molecular formula is C18H15ClN4O. The highest BCUT2D eigenvalue weighted by Gasteiger charge is 2.11. The average molecular weight is 339 g/mol. The topological polar surface area (TPSA) is 58.1 Å². The molecule has 120 valence electrons. The molecule has 24 heavy (non-hydrogen) atoms. The minimum absolute atomic E-state index is 0.308. The number of anilines is 3. The molecular weight excluding hydrogens is 324 g/mol. The molecule has 0 atom stereocenters. The van der Waals surface area contributed by atoms with E-state index in [1.54, 1.807) is 24.3 Å². The van der Waals surface area contributed by atoms with Crippen molar-refractivity contribution in [2.75, 3.05) is 17.3 Å². The van der Waals surface area contributed by atoms with Crippen molar-refractivity contribution in [3.05, 3.63) is 77.6 Å². The quantitative estimate of drug-likeness (QED) is 0.776. The molecule has 6 heteroatoms. The Bertz CT molecular complexity index is 837. The number of rotatable bonds is 4. The van der Waals surface area contributed by atoms with Crippen LogP contribution in [0.15, 0.2) is 67.0 Å². The van der Waals surface area contributed by atoms with Crippen LogP contribution in [0.2, 0.25) is 5.02 Å². The fraction of sp³-hybridized carbons (Fsp3) is 0.0556. The maximum atomic E-state index is 12.3. The van der Waals surface area contributed by atoms with Crippen LogP contribution < -0.4 is 10.2 Å². The number of aromatic nitrogens is 2. The summed E-state index contributed by atoms with van der Waals surface area (Å²) < 4.78 is 0. The van der Waals surface area contributed by atoms with Crippen molar-refractivity contribution < 1.29 is 4.79 Å². The van der Waals surface area contributed by atoms with E-state index in [1.165, 1.54) is 12.4 Å². The smallest absolute Gasteiger partial charge is 0.258 e. The van der Waals surface area contributed by atoms with E-state index in [9.17, 15) is 4.79 Å². The van der Waals surface area contributed by atoms with Gasteiger partial charge >= 0.3 is 0 Å². The average Bonchev–Trinajstić information content (AvgIpc) is 2.64. The molecule has 0 fully saturated rings. The molecule has 5 nitrogen and oxygen atoms in total. The molecule has 0 aliphatic rings. The monoisotopic (exact) mass is 338 g/mol. The summed E-state index contributed by atoms with van der Waals surface area (Å²) in [6.45, 7) is 0. The molecule has 0 aliphatic carbocycles. The summed E-state index contributed by atoms with van der Waals surface area (Å²) in [5, 5.41) is 3.22. The number of nitrogens with zero attached hydrogens (tertiary/aromatic N) is 3. The molecule has 0 bridgehead atoms. The number of benzene rings is 2. The van der Waals surface area contributed by atoms with E-state index >= 15 is 0 Å². The van der Waals surface area contributed by atoms with Gasteiger partial charge in [0.2, 0.25) is 5.95 Å². The molecule has 0 unspecified atom stereocenters. The zero-order chi connectivity index (χ0) is 16.9. The third-order valence-electron chi connectivity index (χ3n) is 3.47. The van der Waals surface area contributed by atoms with E-state index in [2.05, 4.69) is 15.3 Å². The van der Waals surface area contributed by atoms with Crippen LogP contribution in [-0.4, -0.2) is 22.9 Å². The molecule has 3 aromatic rings. The Balaban J connectivity index is 1.75. The number of hydrogen-bond acceptors (Lipinski definition) is 4. The number of halogens is 1. The normalized spacial score (nSPS) is 10.2. The van der Waals surface area contributed by atoms with Crippen LogP contribution in [0.25, 0.3) is 0 Å². The van der Waals surface area contributed by atoms with Crippen LogP contribution in [0.4, 0.5) is 17.3 Å². The molecule has 0 saturated heterocycles. The van der Waals surface area contributed by atoms with Gasteiger partial charge in [-0.3, -0.25) is 4.79 Å². The Morgan fingerprint density at radius 2 is 1.62 bits per heavy atom. The predicted octanol–water partition coefficient (Wildman–Crippen LogP) is 4.15. The van der Waals surface area contributed by atoms with Gasteiger partial charge in [-0.25, -0.2) is 9.97 Å². The maximum Gasteiger partial charge on any atom is 0.258 e. The molecule has 1 aromatic heterocycles. The number of carbonyl (C=O) groups is 1. The number of carbonyl (C=O) groups excluding carboxylic acids is 1. The Kier molecular flexibility index (Phi) is 4.72. The van der Waals surface area contributed by atoms with Crippen molar-refractivity contribution in [3.8, 4) is 0 Å². The van der Waals surface area contributed by atoms with Gasteiger partial charge in [-0.15, -0.1) is 0 Å². The van der Waals surface area contributed by atoms with Crippen LogP contribution in [-0.2, 0) is 0 Å². The Morgan fingerprint density at radius 1 is 1.00 bits per heavy atom. The maximum absolute atomic E-state index is 12.3. The van der Waals surface area contributed by atoms with Crippen molar-refractivity contribution in [3.63, 3.8) is 0 Å². The molecule has 0 spiro atoms. The Labute approximate surface area is 144 Å². The highest BCUT2D eigenvalue weighted by atomic mass is 35.5. The first kappa shape index (κ1) is 16.0. The highest BCUT2D eigenvalue weighted by molar-refractivity contribution is 6.33. The lowest BCUT2D eigenvalue weighted by atomic mass is 10.2. The van der Waals surface area contributed by atoms with Crippen LogP contribution >= 0.6 is 11.6 Å². The zero-order valence-electron chi connectivity index (χ0n) is 13.0. The summed E-state index contributed by atoms with van der Waals surface area (Å²) in [5.74, 6) is 0.201. The molecule has 1 heterocycles. The summed E-state index contributed by atoms with van der Waals surface area (Å²) in [7, 11) is 1.87. The summed E-state index contributed by atoms with van der Waals surface area (Å²) >= 11 is 6.04. The molecule has 1 amide bonds. The van der Waals surface area contributed by atoms with Crippen LogP contribution in [0.5, 0.6) is 0 Å². The number of nitrogens with one attached hydrogen (secondary N) is 1. The number of hydrogen-bond donors (Lipinski definition) is 1. The second-order valence-electron chi connectivity index (χ2n) is 5.10. The van der Waals surface area contributed by atoms with Gasteiger partial charge in [-0.1, -0.05) is 41.9 Å². The molecule has 0 aliphatic heterocycles. The standard InChI is InChI=1S/C18H15ClN4O/c1-23(14-7-3-2-4-8-14)18-20-11-13(12-21-18)17(24)22-16-10-6-5-9-15(16)19/h2-12H,1H3,(H,22,24). The zero-order valence-corrected chi connectivity index (χ0v) is 13.7. The van der Waals surface area contributed by atoms with E-state index in [0.717, 1.165) is 5.69 Å². The van der Waals surface area contributed by atoms with Crippen molar-refractivity contribution in [2.24, 2.45) is 0 Å². The lowest BCUT2D eigenvalue weighted by molar-refractivity contribution is 0.102. The minimum Gasteiger partial charge on any atom is -0.321 e. The predicted molar refractivity (Wildman–Crippen MR) is 95.9 cm³/mol. The SMILES string of the molecule is CN(c1ccccc1)c1ncc(C(=O)Nc2ccccc2Cl)cn1. The first-order chi connectivity index (χ1) is 11.6. The lowest BCUT2D eigenvalue weighted by Gasteiger charge is -2.16. The second-order valence-corrected chi connectivity index (χ2v) is 5.51. The van der Waals surface area contributed by atoms with E-state index in [4.69, 9.17) is 11.6 Å². The summed E-state index contributed by atoms with van der Waals surface area (Å²) in [5.41, 5.74) is 1.88. The summed E-state index contributed by atoms with van der Waals surface area (Å²) in [4.78, 5) is 22.6.